The number of benzene rings is 1. The molecule has 0 aliphatic carbocycles. The first-order chi connectivity index (χ1) is 10.6. The van der Waals surface area contributed by atoms with Crippen LogP contribution in [0.4, 0.5) is 0 Å². The van der Waals surface area contributed by atoms with Crippen LogP contribution < -0.4 is 5.32 Å². The fourth-order valence-corrected chi connectivity index (χ4v) is 2.75. The molecule has 0 spiro atoms. The van der Waals surface area contributed by atoms with Gasteiger partial charge >= 0.3 is 0 Å². The van der Waals surface area contributed by atoms with Gasteiger partial charge in [0.15, 0.2) is 0 Å². The number of piperazine rings is 1. The first-order valence-corrected chi connectivity index (χ1v) is 7.67. The second-order valence-corrected chi connectivity index (χ2v) is 5.70. The SMILES string of the molecule is Cc1oc(-c2ccccc2)nc1CC(=O)N1CCNC[C@@H]1C. The lowest BCUT2D eigenvalue weighted by atomic mass is 10.1. The molecule has 2 aromatic rings. The third-order valence-electron chi connectivity index (χ3n) is 4.05. The Bertz CT molecular complexity index is 651. The molecule has 0 unspecified atom stereocenters. The van der Waals surface area contributed by atoms with Crippen LogP contribution >= 0.6 is 0 Å². The maximum absolute atomic E-state index is 12.5. The van der Waals surface area contributed by atoms with Gasteiger partial charge < -0.3 is 14.6 Å². The van der Waals surface area contributed by atoms with E-state index in [4.69, 9.17) is 4.42 Å². The minimum atomic E-state index is 0.116. The number of carbonyl (C=O) groups excluding carboxylic acids is 1. The van der Waals surface area contributed by atoms with E-state index in [9.17, 15) is 4.79 Å². The van der Waals surface area contributed by atoms with Gasteiger partial charge in [-0.05, 0) is 26.0 Å². The summed E-state index contributed by atoms with van der Waals surface area (Å²) >= 11 is 0. The average molecular weight is 299 g/mol. The zero-order valence-electron chi connectivity index (χ0n) is 13.0. The highest BCUT2D eigenvalue weighted by molar-refractivity contribution is 5.79. The summed E-state index contributed by atoms with van der Waals surface area (Å²) in [7, 11) is 0. The highest BCUT2D eigenvalue weighted by atomic mass is 16.4. The Morgan fingerprint density at radius 2 is 2.18 bits per heavy atom. The quantitative estimate of drug-likeness (QED) is 0.942. The predicted octanol–water partition coefficient (Wildman–Crippen LogP) is 2.01. The monoisotopic (exact) mass is 299 g/mol. The first-order valence-electron chi connectivity index (χ1n) is 7.67. The Labute approximate surface area is 130 Å². The molecule has 2 heterocycles. The van der Waals surface area contributed by atoms with Crippen molar-refractivity contribution in [2.75, 3.05) is 19.6 Å². The Morgan fingerprint density at radius 1 is 1.41 bits per heavy atom. The van der Waals surface area contributed by atoms with Crippen molar-refractivity contribution in [3.8, 4) is 11.5 Å². The first kappa shape index (κ1) is 14.8. The molecule has 1 aromatic heterocycles. The Kier molecular flexibility index (Phi) is 4.24. The normalized spacial score (nSPS) is 18.5. The van der Waals surface area contributed by atoms with E-state index in [2.05, 4.69) is 17.2 Å². The van der Waals surface area contributed by atoms with Crippen molar-refractivity contribution in [2.45, 2.75) is 26.3 Å². The maximum atomic E-state index is 12.5. The van der Waals surface area contributed by atoms with Crippen LogP contribution in [0, 0.1) is 6.92 Å². The minimum absolute atomic E-state index is 0.116. The van der Waals surface area contributed by atoms with Gasteiger partial charge in [-0.25, -0.2) is 4.98 Å². The smallest absolute Gasteiger partial charge is 0.229 e. The molecule has 1 aliphatic heterocycles. The molecule has 1 amide bonds. The van der Waals surface area contributed by atoms with Gasteiger partial charge in [-0.2, -0.15) is 0 Å². The van der Waals surface area contributed by atoms with E-state index in [0.717, 1.165) is 36.7 Å². The van der Waals surface area contributed by atoms with E-state index < -0.39 is 0 Å². The van der Waals surface area contributed by atoms with Crippen molar-refractivity contribution in [1.29, 1.82) is 0 Å². The molecule has 0 radical (unpaired) electrons. The molecule has 1 N–H and O–H groups in total. The highest BCUT2D eigenvalue weighted by Crippen LogP contribution is 2.22. The molecule has 1 aromatic carbocycles. The van der Waals surface area contributed by atoms with Crippen molar-refractivity contribution in [1.82, 2.24) is 15.2 Å². The molecule has 0 bridgehead atoms. The summed E-state index contributed by atoms with van der Waals surface area (Å²) in [4.78, 5) is 18.9. The second-order valence-electron chi connectivity index (χ2n) is 5.70. The number of nitrogens with one attached hydrogen (secondary N) is 1. The van der Waals surface area contributed by atoms with E-state index in [1.165, 1.54) is 0 Å². The zero-order valence-corrected chi connectivity index (χ0v) is 13.0. The third kappa shape index (κ3) is 3.04. The summed E-state index contributed by atoms with van der Waals surface area (Å²) in [5, 5.41) is 3.29. The lowest BCUT2D eigenvalue weighted by Gasteiger charge is -2.33. The van der Waals surface area contributed by atoms with E-state index >= 15 is 0 Å². The van der Waals surface area contributed by atoms with Gasteiger partial charge in [-0.3, -0.25) is 4.79 Å². The van der Waals surface area contributed by atoms with Crippen LogP contribution in [0.1, 0.15) is 18.4 Å². The number of amides is 1. The second kappa shape index (κ2) is 6.32. The third-order valence-corrected chi connectivity index (χ3v) is 4.05. The van der Waals surface area contributed by atoms with Crippen LogP contribution in [0.2, 0.25) is 0 Å². The van der Waals surface area contributed by atoms with Crippen molar-refractivity contribution >= 4 is 5.91 Å². The minimum Gasteiger partial charge on any atom is -0.441 e. The summed E-state index contributed by atoms with van der Waals surface area (Å²) in [6, 6.07) is 9.98. The number of aromatic nitrogens is 1. The van der Waals surface area contributed by atoms with Crippen LogP contribution in [-0.2, 0) is 11.2 Å². The Hall–Kier alpha value is -2.14. The highest BCUT2D eigenvalue weighted by Gasteiger charge is 2.24. The lowest BCUT2D eigenvalue weighted by Crippen LogP contribution is -2.52. The molecule has 3 rings (SSSR count). The summed E-state index contributed by atoms with van der Waals surface area (Å²) in [5.41, 5.74) is 1.66. The number of rotatable bonds is 3. The molecule has 1 aliphatic rings. The Morgan fingerprint density at radius 3 is 2.91 bits per heavy atom. The van der Waals surface area contributed by atoms with Crippen LogP contribution in [0.3, 0.4) is 0 Å². The summed E-state index contributed by atoms with van der Waals surface area (Å²) in [5.74, 6) is 1.41. The fourth-order valence-electron chi connectivity index (χ4n) is 2.75. The standard InChI is InChI=1S/C17H21N3O2/c1-12-11-18-8-9-20(12)16(21)10-15-13(2)22-17(19-15)14-6-4-3-5-7-14/h3-7,12,18H,8-11H2,1-2H3/t12-/m0/s1. The number of nitrogens with zero attached hydrogens (tertiary/aromatic N) is 2. The predicted molar refractivity (Wildman–Crippen MR) is 84.4 cm³/mol. The van der Waals surface area contributed by atoms with Gasteiger partial charge in [0.2, 0.25) is 11.8 Å². The average Bonchev–Trinajstić information content (AvgIpc) is 2.89. The molecular formula is C17H21N3O2. The van der Waals surface area contributed by atoms with E-state index in [1.807, 2.05) is 42.2 Å². The zero-order chi connectivity index (χ0) is 15.5. The summed E-state index contributed by atoms with van der Waals surface area (Å²) in [6.45, 7) is 6.38. The van der Waals surface area contributed by atoms with Gasteiger partial charge in [0.05, 0.1) is 12.1 Å². The molecule has 5 heteroatoms. The molecule has 0 saturated carbocycles. The molecule has 5 nitrogen and oxygen atoms in total. The van der Waals surface area contributed by atoms with Crippen molar-refractivity contribution in [3.05, 3.63) is 41.8 Å². The van der Waals surface area contributed by atoms with E-state index in [1.54, 1.807) is 0 Å². The van der Waals surface area contributed by atoms with Crippen molar-refractivity contribution in [3.63, 3.8) is 0 Å². The van der Waals surface area contributed by atoms with Gasteiger partial charge in [0.25, 0.3) is 0 Å². The molecule has 1 atom stereocenters. The fraction of sp³-hybridized carbons (Fsp3) is 0.412. The Balaban J connectivity index is 1.75. The molecule has 116 valence electrons. The topological polar surface area (TPSA) is 58.4 Å². The molecule has 1 fully saturated rings. The van der Waals surface area contributed by atoms with Gasteiger partial charge in [-0.1, -0.05) is 18.2 Å². The number of hydrogen-bond donors (Lipinski definition) is 1. The lowest BCUT2D eigenvalue weighted by molar-refractivity contribution is -0.133. The largest absolute Gasteiger partial charge is 0.441 e. The van der Waals surface area contributed by atoms with Crippen molar-refractivity contribution < 1.29 is 9.21 Å². The van der Waals surface area contributed by atoms with Crippen LogP contribution in [0.5, 0.6) is 0 Å². The molecule has 22 heavy (non-hydrogen) atoms. The summed E-state index contributed by atoms with van der Waals surface area (Å²) in [6.07, 6.45) is 0.298. The van der Waals surface area contributed by atoms with E-state index in [-0.39, 0.29) is 11.9 Å². The molecule has 1 saturated heterocycles. The number of carbonyl (C=O) groups is 1. The van der Waals surface area contributed by atoms with Crippen molar-refractivity contribution in [2.24, 2.45) is 0 Å². The number of oxazole rings is 1. The summed E-state index contributed by atoms with van der Waals surface area (Å²) < 4.78 is 5.72. The van der Waals surface area contributed by atoms with Crippen LogP contribution in [-0.4, -0.2) is 41.5 Å². The van der Waals surface area contributed by atoms with Gasteiger partial charge in [-0.15, -0.1) is 0 Å². The van der Waals surface area contributed by atoms with Crippen LogP contribution in [0.25, 0.3) is 11.5 Å². The maximum Gasteiger partial charge on any atom is 0.229 e. The molecular weight excluding hydrogens is 278 g/mol. The van der Waals surface area contributed by atoms with E-state index in [0.29, 0.717) is 12.3 Å². The van der Waals surface area contributed by atoms with Gasteiger partial charge in [0, 0.05) is 31.2 Å². The number of hydrogen-bond acceptors (Lipinski definition) is 4. The van der Waals surface area contributed by atoms with Crippen LogP contribution in [0.15, 0.2) is 34.7 Å². The van der Waals surface area contributed by atoms with Gasteiger partial charge in [0.1, 0.15) is 5.76 Å². The number of aryl methyl sites for hydroxylation is 1.